The van der Waals surface area contributed by atoms with E-state index in [9.17, 15) is 4.79 Å². The minimum atomic E-state index is 0.0460. The molecular formula is C12H26N2O2. The van der Waals surface area contributed by atoms with Crippen LogP contribution in [0.3, 0.4) is 0 Å². The lowest BCUT2D eigenvalue weighted by Crippen LogP contribution is -2.35. The number of carbonyl (C=O) groups excluding carboxylic acids is 1. The van der Waals surface area contributed by atoms with Crippen LogP contribution in [0.2, 0.25) is 0 Å². The van der Waals surface area contributed by atoms with E-state index in [1.54, 1.807) is 0 Å². The van der Waals surface area contributed by atoms with Gasteiger partial charge in [0.05, 0.1) is 0 Å². The number of hydrogen-bond donors (Lipinski definition) is 3. The topological polar surface area (TPSA) is 75.4 Å². The van der Waals surface area contributed by atoms with Crippen LogP contribution in [0, 0.1) is 11.3 Å². The summed E-state index contributed by atoms with van der Waals surface area (Å²) in [5.41, 5.74) is 5.51. The van der Waals surface area contributed by atoms with Gasteiger partial charge in [0.2, 0.25) is 5.91 Å². The standard InChI is InChI=1S/C12H26N2O2/c1-10(8-13)7-11(16)14-9-12(2,3)5-4-6-15/h10,15H,4-9,13H2,1-3H3,(H,14,16). The Balaban J connectivity index is 3.81. The molecule has 0 saturated carbocycles. The minimum Gasteiger partial charge on any atom is -0.396 e. The second-order valence-corrected chi connectivity index (χ2v) is 5.31. The monoisotopic (exact) mass is 230 g/mol. The Morgan fingerprint density at radius 2 is 2.12 bits per heavy atom. The predicted molar refractivity (Wildman–Crippen MR) is 65.9 cm³/mol. The van der Waals surface area contributed by atoms with Crippen molar-refractivity contribution in [2.75, 3.05) is 19.7 Å². The summed E-state index contributed by atoms with van der Waals surface area (Å²) in [4.78, 5) is 11.5. The Bertz CT molecular complexity index is 205. The van der Waals surface area contributed by atoms with Gasteiger partial charge in [0.25, 0.3) is 0 Å². The third-order valence-electron chi connectivity index (χ3n) is 2.71. The van der Waals surface area contributed by atoms with Gasteiger partial charge < -0.3 is 16.2 Å². The van der Waals surface area contributed by atoms with Gasteiger partial charge in [-0.1, -0.05) is 20.8 Å². The van der Waals surface area contributed by atoms with Crippen LogP contribution >= 0.6 is 0 Å². The van der Waals surface area contributed by atoms with E-state index in [2.05, 4.69) is 19.2 Å². The number of amides is 1. The van der Waals surface area contributed by atoms with Crippen molar-refractivity contribution >= 4 is 5.91 Å². The molecule has 1 amide bonds. The summed E-state index contributed by atoms with van der Waals surface area (Å²) in [6.45, 7) is 7.56. The Labute approximate surface area is 98.6 Å². The number of rotatable bonds is 8. The lowest BCUT2D eigenvalue weighted by molar-refractivity contribution is -0.122. The summed E-state index contributed by atoms with van der Waals surface area (Å²) >= 11 is 0. The molecule has 0 spiro atoms. The molecule has 16 heavy (non-hydrogen) atoms. The fourth-order valence-corrected chi connectivity index (χ4v) is 1.46. The Hall–Kier alpha value is -0.610. The second kappa shape index (κ2) is 7.63. The number of aliphatic hydroxyl groups excluding tert-OH is 1. The molecule has 0 aromatic carbocycles. The van der Waals surface area contributed by atoms with E-state index in [4.69, 9.17) is 10.8 Å². The van der Waals surface area contributed by atoms with Crippen LogP contribution < -0.4 is 11.1 Å². The summed E-state index contributed by atoms with van der Waals surface area (Å²) in [6.07, 6.45) is 2.19. The molecule has 0 aromatic heterocycles. The number of aliphatic hydroxyl groups is 1. The van der Waals surface area contributed by atoms with Crippen LogP contribution in [0.1, 0.15) is 40.0 Å². The molecule has 0 aromatic rings. The molecule has 0 saturated heterocycles. The van der Waals surface area contributed by atoms with Crippen molar-refractivity contribution in [2.45, 2.75) is 40.0 Å². The van der Waals surface area contributed by atoms with Crippen molar-refractivity contribution in [1.82, 2.24) is 5.32 Å². The van der Waals surface area contributed by atoms with Crippen molar-refractivity contribution in [2.24, 2.45) is 17.1 Å². The van der Waals surface area contributed by atoms with Crippen LogP contribution in [-0.4, -0.2) is 30.7 Å². The van der Waals surface area contributed by atoms with Crippen LogP contribution in [0.15, 0.2) is 0 Å². The first-order valence-corrected chi connectivity index (χ1v) is 5.99. The van der Waals surface area contributed by atoms with Gasteiger partial charge in [0, 0.05) is 19.6 Å². The molecule has 0 rings (SSSR count). The number of nitrogens with one attached hydrogen (secondary N) is 1. The second-order valence-electron chi connectivity index (χ2n) is 5.31. The van der Waals surface area contributed by atoms with Gasteiger partial charge in [-0.3, -0.25) is 4.79 Å². The van der Waals surface area contributed by atoms with Crippen molar-refractivity contribution in [3.05, 3.63) is 0 Å². The van der Waals surface area contributed by atoms with Crippen molar-refractivity contribution in [3.8, 4) is 0 Å². The minimum absolute atomic E-state index is 0.0460. The van der Waals surface area contributed by atoms with E-state index >= 15 is 0 Å². The number of hydrogen-bond acceptors (Lipinski definition) is 3. The zero-order valence-electron chi connectivity index (χ0n) is 10.8. The van der Waals surface area contributed by atoms with Gasteiger partial charge in [-0.15, -0.1) is 0 Å². The highest BCUT2D eigenvalue weighted by Gasteiger charge is 2.18. The summed E-state index contributed by atoms with van der Waals surface area (Å²) in [7, 11) is 0. The molecule has 4 N–H and O–H groups in total. The molecule has 0 bridgehead atoms. The Morgan fingerprint density at radius 1 is 1.50 bits per heavy atom. The predicted octanol–water partition coefficient (Wildman–Crippen LogP) is 0.886. The fourth-order valence-electron chi connectivity index (χ4n) is 1.46. The normalized spacial score (nSPS) is 13.6. The molecule has 0 heterocycles. The lowest BCUT2D eigenvalue weighted by atomic mass is 9.88. The van der Waals surface area contributed by atoms with E-state index in [-0.39, 0.29) is 23.8 Å². The molecule has 4 nitrogen and oxygen atoms in total. The molecule has 1 unspecified atom stereocenters. The van der Waals surface area contributed by atoms with Gasteiger partial charge in [0.1, 0.15) is 0 Å². The van der Waals surface area contributed by atoms with Crippen molar-refractivity contribution < 1.29 is 9.90 Å². The molecule has 96 valence electrons. The molecule has 0 fully saturated rings. The summed E-state index contributed by atoms with van der Waals surface area (Å²) in [5, 5.41) is 11.7. The van der Waals surface area contributed by atoms with Gasteiger partial charge >= 0.3 is 0 Å². The first kappa shape index (κ1) is 15.4. The van der Waals surface area contributed by atoms with Crippen LogP contribution in [-0.2, 0) is 4.79 Å². The SMILES string of the molecule is CC(CN)CC(=O)NCC(C)(C)CCCO. The highest BCUT2D eigenvalue weighted by molar-refractivity contribution is 5.76. The smallest absolute Gasteiger partial charge is 0.220 e. The van der Waals surface area contributed by atoms with E-state index in [0.29, 0.717) is 19.5 Å². The molecule has 0 radical (unpaired) electrons. The molecule has 0 aliphatic carbocycles. The average Bonchev–Trinajstić information content (AvgIpc) is 2.24. The quantitative estimate of drug-likeness (QED) is 0.579. The summed E-state index contributed by atoms with van der Waals surface area (Å²) in [5.74, 6) is 0.301. The Kier molecular flexibility index (Phi) is 7.34. The fraction of sp³-hybridized carbons (Fsp3) is 0.917. The number of nitrogens with two attached hydrogens (primary N) is 1. The van der Waals surface area contributed by atoms with Crippen LogP contribution in [0.25, 0.3) is 0 Å². The molecule has 0 aliphatic heterocycles. The third kappa shape index (κ3) is 7.65. The summed E-state index contributed by atoms with van der Waals surface area (Å²) in [6, 6.07) is 0. The van der Waals surface area contributed by atoms with Crippen LogP contribution in [0.4, 0.5) is 0 Å². The molecule has 0 aliphatic rings. The van der Waals surface area contributed by atoms with E-state index in [1.807, 2.05) is 6.92 Å². The zero-order chi connectivity index (χ0) is 12.6. The maximum Gasteiger partial charge on any atom is 0.220 e. The summed E-state index contributed by atoms with van der Waals surface area (Å²) < 4.78 is 0. The maximum atomic E-state index is 11.5. The van der Waals surface area contributed by atoms with Crippen molar-refractivity contribution in [1.29, 1.82) is 0 Å². The van der Waals surface area contributed by atoms with Gasteiger partial charge in [-0.25, -0.2) is 0 Å². The molecule has 1 atom stereocenters. The third-order valence-corrected chi connectivity index (χ3v) is 2.71. The highest BCUT2D eigenvalue weighted by atomic mass is 16.2. The van der Waals surface area contributed by atoms with Gasteiger partial charge in [-0.2, -0.15) is 0 Å². The van der Waals surface area contributed by atoms with E-state index < -0.39 is 0 Å². The first-order chi connectivity index (χ1) is 7.41. The van der Waals surface area contributed by atoms with Crippen LogP contribution in [0.5, 0.6) is 0 Å². The van der Waals surface area contributed by atoms with E-state index in [0.717, 1.165) is 12.8 Å². The van der Waals surface area contributed by atoms with Crippen molar-refractivity contribution in [3.63, 3.8) is 0 Å². The molecular weight excluding hydrogens is 204 g/mol. The average molecular weight is 230 g/mol. The van der Waals surface area contributed by atoms with Gasteiger partial charge in [0.15, 0.2) is 0 Å². The van der Waals surface area contributed by atoms with Gasteiger partial charge in [-0.05, 0) is 30.7 Å². The zero-order valence-corrected chi connectivity index (χ0v) is 10.8. The maximum absolute atomic E-state index is 11.5. The number of carbonyl (C=O) groups is 1. The highest BCUT2D eigenvalue weighted by Crippen LogP contribution is 2.20. The first-order valence-electron chi connectivity index (χ1n) is 5.99. The largest absolute Gasteiger partial charge is 0.396 e. The lowest BCUT2D eigenvalue weighted by Gasteiger charge is -2.24. The Morgan fingerprint density at radius 3 is 2.62 bits per heavy atom. The van der Waals surface area contributed by atoms with E-state index in [1.165, 1.54) is 0 Å². The molecule has 4 heteroatoms.